The van der Waals surface area contributed by atoms with Crippen LogP contribution in [0.25, 0.3) is 11.3 Å². The van der Waals surface area contributed by atoms with Gasteiger partial charge in [0.2, 0.25) is 0 Å². The van der Waals surface area contributed by atoms with Gasteiger partial charge in [-0.25, -0.2) is 22.6 Å². The molecule has 1 fully saturated rings. The van der Waals surface area contributed by atoms with Gasteiger partial charge in [0.1, 0.15) is 24.4 Å². The number of esters is 3. The van der Waals surface area contributed by atoms with E-state index in [0.717, 1.165) is 31.6 Å². The predicted molar refractivity (Wildman–Crippen MR) is 108 cm³/mol. The van der Waals surface area contributed by atoms with E-state index in [2.05, 4.69) is 10.3 Å². The molecule has 1 N–H and O–H groups in total. The highest BCUT2D eigenvalue weighted by Crippen LogP contribution is 2.35. The SMILES string of the molecule is CC(=O)OC[C@H]1O[C@@H](C(=O)O)[C@H](OC(C)=O)[C@@H](n2cc(-c3cc(F)c(F)c(F)c3)nn2)[C@H]1OC(C)=O. The number of hydrogen-bond acceptors (Lipinski definition) is 10. The van der Waals surface area contributed by atoms with Crippen molar-refractivity contribution in [2.24, 2.45) is 0 Å². The monoisotopic (exact) mass is 515 g/mol. The fourth-order valence-corrected chi connectivity index (χ4v) is 3.68. The molecule has 0 saturated carbocycles. The smallest absolute Gasteiger partial charge is 0.336 e. The van der Waals surface area contributed by atoms with E-state index < -0.39 is 78.4 Å². The van der Waals surface area contributed by atoms with E-state index in [9.17, 15) is 37.5 Å². The van der Waals surface area contributed by atoms with Crippen LogP contribution in [0, 0.1) is 17.5 Å². The van der Waals surface area contributed by atoms with E-state index >= 15 is 0 Å². The van der Waals surface area contributed by atoms with E-state index in [0.29, 0.717) is 12.1 Å². The van der Waals surface area contributed by atoms with E-state index in [1.807, 2.05) is 0 Å². The number of rotatable bonds is 7. The first-order chi connectivity index (χ1) is 16.9. The van der Waals surface area contributed by atoms with Gasteiger partial charge in [-0.05, 0) is 12.1 Å². The Balaban J connectivity index is 2.12. The van der Waals surface area contributed by atoms with Crippen molar-refractivity contribution in [3.63, 3.8) is 0 Å². The first kappa shape index (κ1) is 26.6. The minimum Gasteiger partial charge on any atom is -0.479 e. The second kappa shape index (κ2) is 10.7. The van der Waals surface area contributed by atoms with E-state index in [-0.39, 0.29) is 11.3 Å². The lowest BCUT2D eigenvalue weighted by Gasteiger charge is -2.43. The van der Waals surface area contributed by atoms with Crippen molar-refractivity contribution in [3.8, 4) is 11.3 Å². The van der Waals surface area contributed by atoms with Crippen molar-refractivity contribution < 1.29 is 56.4 Å². The summed E-state index contributed by atoms with van der Waals surface area (Å²) in [6, 6.07) is -0.0922. The molecule has 12 nitrogen and oxygen atoms in total. The minimum atomic E-state index is -1.83. The topological polar surface area (TPSA) is 156 Å². The van der Waals surface area contributed by atoms with Gasteiger partial charge in [-0.1, -0.05) is 5.21 Å². The van der Waals surface area contributed by atoms with Crippen LogP contribution in [0.2, 0.25) is 0 Å². The Labute approximate surface area is 200 Å². The molecule has 15 heteroatoms. The summed E-state index contributed by atoms with van der Waals surface area (Å²) < 4.78 is 62.7. The molecule has 1 aromatic heterocycles. The van der Waals surface area contributed by atoms with E-state index in [1.165, 1.54) is 0 Å². The summed E-state index contributed by atoms with van der Waals surface area (Å²) in [6.45, 7) is 2.58. The zero-order valence-corrected chi connectivity index (χ0v) is 19.0. The number of aliphatic carboxylic acids is 1. The molecule has 194 valence electrons. The van der Waals surface area contributed by atoms with Crippen LogP contribution in [0.5, 0.6) is 0 Å². The van der Waals surface area contributed by atoms with Crippen LogP contribution in [0.1, 0.15) is 26.8 Å². The minimum absolute atomic E-state index is 0.175. The Bertz CT molecular complexity index is 1170. The third-order valence-corrected chi connectivity index (χ3v) is 5.05. The standard InChI is InChI=1S/C21H20F3N3O9/c1-8(28)33-7-15-18(34-9(2)29)17(19(35-10(3)30)20(36-15)21(31)32)27-6-14(25-26-27)11-4-12(22)16(24)13(23)5-11/h4-6,15,17-20H,7H2,1-3H3,(H,31,32)/t15-,17+,18+,19-,20-/m1/s1. The van der Waals surface area contributed by atoms with Gasteiger partial charge in [0.25, 0.3) is 0 Å². The van der Waals surface area contributed by atoms with Crippen LogP contribution in [0.3, 0.4) is 0 Å². The molecule has 3 rings (SSSR count). The van der Waals surface area contributed by atoms with Crippen LogP contribution in [0.4, 0.5) is 13.2 Å². The van der Waals surface area contributed by atoms with Crippen molar-refractivity contribution in [2.45, 2.75) is 51.2 Å². The van der Waals surface area contributed by atoms with Gasteiger partial charge in [0, 0.05) is 26.3 Å². The normalized spacial score (nSPS) is 23.6. The molecular weight excluding hydrogens is 495 g/mol. The number of nitrogens with zero attached hydrogens (tertiary/aromatic N) is 3. The molecule has 0 radical (unpaired) electrons. The number of halogens is 3. The molecule has 0 amide bonds. The lowest BCUT2D eigenvalue weighted by atomic mass is 9.92. The van der Waals surface area contributed by atoms with Crippen LogP contribution in [-0.2, 0) is 38.1 Å². The van der Waals surface area contributed by atoms with Crippen LogP contribution >= 0.6 is 0 Å². The number of carboxylic acids is 1. The van der Waals surface area contributed by atoms with Crippen LogP contribution < -0.4 is 0 Å². The van der Waals surface area contributed by atoms with Crippen molar-refractivity contribution in [2.75, 3.05) is 6.61 Å². The predicted octanol–water partition coefficient (Wildman–Crippen LogP) is 1.18. The lowest BCUT2D eigenvalue weighted by molar-refractivity contribution is -0.231. The average Bonchev–Trinajstić information content (AvgIpc) is 3.25. The maximum atomic E-state index is 13.7. The Morgan fingerprint density at radius 2 is 1.58 bits per heavy atom. The van der Waals surface area contributed by atoms with Gasteiger partial charge < -0.3 is 24.1 Å². The second-order valence-electron chi connectivity index (χ2n) is 7.71. The van der Waals surface area contributed by atoms with Gasteiger partial charge in [0.05, 0.1) is 6.20 Å². The summed E-state index contributed by atoms with van der Waals surface area (Å²) in [5, 5.41) is 17.3. The van der Waals surface area contributed by atoms with Gasteiger partial charge in [-0.2, -0.15) is 0 Å². The number of carboxylic acid groups (broad SMARTS) is 1. The van der Waals surface area contributed by atoms with E-state index in [4.69, 9.17) is 18.9 Å². The Kier molecular flexibility index (Phi) is 7.92. The molecule has 1 aliphatic heterocycles. The lowest BCUT2D eigenvalue weighted by Crippen LogP contribution is -2.60. The number of carbonyl (C=O) groups is 4. The molecule has 0 bridgehead atoms. The molecule has 5 atom stereocenters. The first-order valence-electron chi connectivity index (χ1n) is 10.3. The highest BCUT2D eigenvalue weighted by molar-refractivity contribution is 5.75. The van der Waals surface area contributed by atoms with Gasteiger partial charge in [-0.15, -0.1) is 5.10 Å². The molecular formula is C21H20F3N3O9. The number of hydrogen-bond donors (Lipinski definition) is 1. The van der Waals surface area contributed by atoms with Crippen molar-refractivity contribution >= 4 is 23.9 Å². The molecule has 1 aliphatic rings. The summed E-state index contributed by atoms with van der Waals surface area (Å²) in [4.78, 5) is 47.0. The quantitative estimate of drug-likeness (QED) is 0.321. The highest BCUT2D eigenvalue weighted by Gasteiger charge is 2.54. The maximum Gasteiger partial charge on any atom is 0.336 e. The molecule has 2 heterocycles. The van der Waals surface area contributed by atoms with Gasteiger partial charge in [-0.3, -0.25) is 14.4 Å². The zero-order valence-electron chi connectivity index (χ0n) is 19.0. The van der Waals surface area contributed by atoms with Crippen LogP contribution in [-0.4, -0.2) is 75.0 Å². The summed E-state index contributed by atoms with van der Waals surface area (Å²) in [6.07, 6.45) is -5.17. The number of benzene rings is 1. The average molecular weight is 515 g/mol. The fraction of sp³-hybridized carbons (Fsp3) is 0.429. The first-order valence-corrected chi connectivity index (χ1v) is 10.3. The Hall–Kier alpha value is -4.01. The molecule has 0 spiro atoms. The largest absolute Gasteiger partial charge is 0.479 e. The van der Waals surface area contributed by atoms with Crippen molar-refractivity contribution in [1.82, 2.24) is 15.0 Å². The number of aromatic nitrogens is 3. The molecule has 0 unspecified atom stereocenters. The van der Waals surface area contributed by atoms with Crippen molar-refractivity contribution in [1.29, 1.82) is 0 Å². The third kappa shape index (κ3) is 5.79. The molecule has 1 aromatic carbocycles. The molecule has 2 aromatic rings. The Morgan fingerprint density at radius 1 is 1.00 bits per heavy atom. The summed E-state index contributed by atoms with van der Waals surface area (Å²) in [5.41, 5.74) is -0.394. The van der Waals surface area contributed by atoms with Gasteiger partial charge >= 0.3 is 23.9 Å². The highest BCUT2D eigenvalue weighted by atomic mass is 19.2. The number of ether oxygens (including phenoxy) is 4. The molecule has 1 saturated heterocycles. The van der Waals surface area contributed by atoms with Gasteiger partial charge in [0.15, 0.2) is 35.8 Å². The Morgan fingerprint density at radius 3 is 2.11 bits per heavy atom. The van der Waals surface area contributed by atoms with Crippen LogP contribution in [0.15, 0.2) is 18.3 Å². The second-order valence-corrected chi connectivity index (χ2v) is 7.71. The maximum absolute atomic E-state index is 13.7. The molecule has 36 heavy (non-hydrogen) atoms. The van der Waals surface area contributed by atoms with Crippen molar-refractivity contribution in [3.05, 3.63) is 35.8 Å². The summed E-state index contributed by atoms with van der Waals surface area (Å²) in [5.74, 6) is -8.75. The van der Waals surface area contributed by atoms with E-state index in [1.54, 1.807) is 0 Å². The fourth-order valence-electron chi connectivity index (χ4n) is 3.68. The zero-order chi connectivity index (χ0) is 26.7. The third-order valence-electron chi connectivity index (χ3n) is 5.05. The molecule has 0 aliphatic carbocycles. The summed E-state index contributed by atoms with van der Waals surface area (Å²) in [7, 11) is 0. The summed E-state index contributed by atoms with van der Waals surface area (Å²) >= 11 is 0. The number of carbonyl (C=O) groups excluding carboxylic acids is 3.